The van der Waals surface area contributed by atoms with E-state index in [-0.39, 0.29) is 28.8 Å². The summed E-state index contributed by atoms with van der Waals surface area (Å²) in [5, 5.41) is 40.3. The van der Waals surface area contributed by atoms with Gasteiger partial charge in [-0.3, -0.25) is 24.0 Å². The molecule has 2 amide bonds. The number of thiazole rings is 1. The maximum Gasteiger partial charge on any atom is 0.352 e. The normalized spacial score (nSPS) is 18.7. The van der Waals surface area contributed by atoms with Crippen molar-refractivity contribution in [1.82, 2.24) is 25.0 Å². The van der Waals surface area contributed by atoms with Gasteiger partial charge in [-0.25, -0.2) is 14.6 Å². The van der Waals surface area contributed by atoms with Crippen LogP contribution in [-0.4, -0.2) is 87.2 Å². The number of hydrogen-bond acceptors (Lipinski definition) is 13. The highest BCUT2D eigenvalue weighted by molar-refractivity contribution is 8.00. The zero-order valence-corrected chi connectivity index (χ0v) is 24.0. The van der Waals surface area contributed by atoms with E-state index < -0.39 is 57.7 Å². The third kappa shape index (κ3) is 5.61. The number of hydrogen-bond donors (Lipinski definition) is 5. The molecule has 224 valence electrons. The van der Waals surface area contributed by atoms with Gasteiger partial charge in [-0.2, -0.15) is 5.10 Å². The predicted molar refractivity (Wildman–Crippen MR) is 152 cm³/mol. The summed E-state index contributed by atoms with van der Waals surface area (Å²) in [6.07, 6.45) is 2.95. The summed E-state index contributed by atoms with van der Waals surface area (Å²) in [5.41, 5.74) is 4.02. The van der Waals surface area contributed by atoms with Gasteiger partial charge in [0.05, 0.1) is 12.7 Å². The molecule has 1 aromatic heterocycles. The van der Waals surface area contributed by atoms with Gasteiger partial charge in [0, 0.05) is 28.5 Å². The number of carboxylic acid groups (broad SMARTS) is 2. The van der Waals surface area contributed by atoms with Crippen molar-refractivity contribution in [3.05, 3.63) is 57.1 Å². The van der Waals surface area contributed by atoms with E-state index in [0.29, 0.717) is 16.7 Å². The molecule has 5 rings (SSSR count). The molecule has 0 spiro atoms. The van der Waals surface area contributed by atoms with Crippen molar-refractivity contribution in [2.75, 3.05) is 11.5 Å². The second-order valence-electron chi connectivity index (χ2n) is 9.96. The molecule has 0 bridgehead atoms. The van der Waals surface area contributed by atoms with E-state index in [1.165, 1.54) is 54.0 Å². The fourth-order valence-electron chi connectivity index (χ4n) is 4.25. The highest BCUT2D eigenvalue weighted by Gasteiger charge is 2.54. The van der Waals surface area contributed by atoms with Gasteiger partial charge in [0.2, 0.25) is 11.0 Å². The average molecular weight is 630 g/mol. The molecule has 0 aromatic carbocycles. The number of fused-ring (bicyclic) bond motifs is 2. The molecule has 43 heavy (non-hydrogen) atoms. The number of amides is 2. The zero-order valence-electron chi connectivity index (χ0n) is 22.4. The summed E-state index contributed by atoms with van der Waals surface area (Å²) < 4.78 is 1.43. The number of phenols is 1. The van der Waals surface area contributed by atoms with Crippen LogP contribution in [0.25, 0.3) is 11.1 Å². The molecule has 6 N–H and O–H groups in total. The standard InChI is InChI=1S/C25H23N7O9S2/c1-25(2,23(39)40)41-30-16(13-9-43-24(26)28-13)19(35)29-17-20(36)32-18(22(37)38)12(8-42-21(17)32)7-31-6-11-4-15(34)14(33)3-10(11)5-27-31/h3-6,9,17,21,34H,7-8H2,1-2H3,(H2,26,28)(H,29,35)(H,37,38)(H,39,40)/t17?,21-/m0/s1. The maximum absolute atomic E-state index is 13.2. The number of rotatable bonds is 9. The smallest absolute Gasteiger partial charge is 0.352 e. The first-order valence-electron chi connectivity index (χ1n) is 12.4. The molecule has 4 heterocycles. The summed E-state index contributed by atoms with van der Waals surface area (Å²) in [6.45, 7) is 2.45. The van der Waals surface area contributed by atoms with Crippen LogP contribution in [0.5, 0.6) is 5.75 Å². The Bertz CT molecular complexity index is 1760. The zero-order chi connectivity index (χ0) is 31.2. The number of oxime groups is 1. The predicted octanol–water partition coefficient (Wildman–Crippen LogP) is 0.115. The number of aliphatic carboxylic acids is 2. The Morgan fingerprint density at radius 3 is 2.63 bits per heavy atom. The molecule has 1 aromatic rings. The van der Waals surface area contributed by atoms with E-state index >= 15 is 0 Å². The van der Waals surface area contributed by atoms with Crippen LogP contribution in [0.4, 0.5) is 5.13 Å². The first-order chi connectivity index (χ1) is 20.3. The average Bonchev–Trinajstić information content (AvgIpc) is 3.37. The SMILES string of the molecule is CC(C)(ON=C(C(=O)NC1C(=O)N2C(C(=O)O)=C(Cn3cc4cc(O)c(=O)cc-4cn3)CS[C@@H]12)c1csc(N)n1)C(=O)O. The molecule has 3 aliphatic heterocycles. The van der Waals surface area contributed by atoms with Crippen LogP contribution in [0.2, 0.25) is 0 Å². The number of aromatic nitrogens is 3. The molecule has 2 atom stereocenters. The number of carbonyl (C=O) groups excluding carboxylic acids is 2. The van der Waals surface area contributed by atoms with Crippen LogP contribution in [0, 0.1) is 0 Å². The lowest BCUT2D eigenvalue weighted by molar-refractivity contribution is -0.161. The van der Waals surface area contributed by atoms with Gasteiger partial charge in [0.1, 0.15) is 22.8 Å². The van der Waals surface area contributed by atoms with Crippen LogP contribution in [0.15, 0.2) is 51.1 Å². The van der Waals surface area contributed by atoms with Gasteiger partial charge in [0.25, 0.3) is 11.8 Å². The monoisotopic (exact) mass is 629 g/mol. The topological polar surface area (TPSA) is 240 Å². The number of β-lactam (4-membered cyclic amide) rings is 1. The number of nitrogens with zero attached hydrogens (tertiary/aromatic N) is 5. The Morgan fingerprint density at radius 1 is 1.23 bits per heavy atom. The molecule has 1 aliphatic carbocycles. The number of phenolic OH excluding ortho intramolecular Hbond substituents is 1. The van der Waals surface area contributed by atoms with Crippen LogP contribution >= 0.6 is 23.1 Å². The largest absolute Gasteiger partial charge is 0.504 e. The van der Waals surface area contributed by atoms with Crippen molar-refractivity contribution >= 4 is 57.7 Å². The fraction of sp³-hybridized carbons (Fsp3) is 0.280. The van der Waals surface area contributed by atoms with E-state index in [2.05, 4.69) is 20.6 Å². The van der Waals surface area contributed by atoms with Crippen molar-refractivity contribution in [3.8, 4) is 16.9 Å². The van der Waals surface area contributed by atoms with Gasteiger partial charge in [-0.05, 0) is 31.6 Å². The molecule has 0 saturated carbocycles. The van der Waals surface area contributed by atoms with Gasteiger partial charge >= 0.3 is 11.9 Å². The van der Waals surface area contributed by atoms with Crippen LogP contribution in [0.3, 0.4) is 0 Å². The number of nitrogens with two attached hydrogens (primary N) is 1. The number of aromatic hydroxyl groups is 1. The van der Waals surface area contributed by atoms with Crippen molar-refractivity contribution < 1.29 is 39.3 Å². The van der Waals surface area contributed by atoms with E-state index in [9.17, 15) is 39.3 Å². The van der Waals surface area contributed by atoms with E-state index in [1.54, 1.807) is 6.20 Å². The molecule has 1 unspecified atom stereocenters. The number of nitrogens with one attached hydrogen (secondary N) is 1. The maximum atomic E-state index is 13.2. The summed E-state index contributed by atoms with van der Waals surface area (Å²) in [7, 11) is 0. The molecule has 1 saturated heterocycles. The van der Waals surface area contributed by atoms with E-state index in [0.717, 1.165) is 16.2 Å². The molecule has 4 aliphatic rings. The molecular weight excluding hydrogens is 606 g/mol. The Balaban J connectivity index is 1.37. The van der Waals surface area contributed by atoms with Crippen molar-refractivity contribution in [3.63, 3.8) is 0 Å². The second kappa shape index (κ2) is 11.0. The van der Waals surface area contributed by atoms with Crippen molar-refractivity contribution in [2.24, 2.45) is 5.16 Å². The van der Waals surface area contributed by atoms with Crippen LogP contribution in [0.1, 0.15) is 19.5 Å². The van der Waals surface area contributed by atoms with Gasteiger partial charge in [0.15, 0.2) is 16.6 Å². The first-order valence-corrected chi connectivity index (χ1v) is 14.3. The number of anilines is 1. The summed E-state index contributed by atoms with van der Waals surface area (Å²) in [6, 6.07) is 1.39. The Hall–Kier alpha value is -4.97. The minimum absolute atomic E-state index is 0.00323. The number of benzene rings is 1. The second-order valence-corrected chi connectivity index (χ2v) is 12.0. The third-order valence-corrected chi connectivity index (χ3v) is 8.56. The Morgan fingerprint density at radius 2 is 1.98 bits per heavy atom. The summed E-state index contributed by atoms with van der Waals surface area (Å²) in [5.74, 6) is -4.54. The van der Waals surface area contributed by atoms with E-state index in [1.807, 2.05) is 0 Å². The lowest BCUT2D eigenvalue weighted by Crippen LogP contribution is -2.71. The number of carbonyl (C=O) groups is 4. The van der Waals surface area contributed by atoms with Gasteiger partial charge < -0.3 is 31.2 Å². The quantitative estimate of drug-likeness (QED) is 0.120. The minimum atomic E-state index is -1.79. The van der Waals surface area contributed by atoms with E-state index in [4.69, 9.17) is 10.6 Å². The van der Waals surface area contributed by atoms with Crippen LogP contribution < -0.4 is 16.5 Å². The lowest BCUT2D eigenvalue weighted by Gasteiger charge is -2.49. The fourth-order valence-corrected chi connectivity index (χ4v) is 6.13. The lowest BCUT2D eigenvalue weighted by atomic mass is 10.0. The van der Waals surface area contributed by atoms with Crippen molar-refractivity contribution in [2.45, 2.75) is 37.4 Å². The third-order valence-electron chi connectivity index (χ3n) is 6.55. The number of thioether (sulfide) groups is 1. The van der Waals surface area contributed by atoms with Crippen molar-refractivity contribution in [1.29, 1.82) is 0 Å². The summed E-state index contributed by atoms with van der Waals surface area (Å²) in [4.78, 5) is 72.0. The molecule has 0 radical (unpaired) electrons. The van der Waals surface area contributed by atoms with Crippen LogP contribution in [-0.2, 0) is 30.6 Å². The summed E-state index contributed by atoms with van der Waals surface area (Å²) >= 11 is 2.22. The molecular formula is C25H23N7O9S2. The number of carboxylic acids is 2. The van der Waals surface area contributed by atoms with Gasteiger partial charge in [-0.15, -0.1) is 23.1 Å². The Labute approximate surface area is 249 Å². The van der Waals surface area contributed by atoms with Gasteiger partial charge in [-0.1, -0.05) is 5.16 Å². The minimum Gasteiger partial charge on any atom is -0.504 e. The highest BCUT2D eigenvalue weighted by Crippen LogP contribution is 2.41. The molecule has 1 fully saturated rings. The first kappa shape index (κ1) is 29.5. The molecule has 18 heteroatoms. The number of nitrogen functional groups attached to an aromatic ring is 1. The Kier molecular flexibility index (Phi) is 7.57. The highest BCUT2D eigenvalue weighted by atomic mass is 32.2. The molecule has 16 nitrogen and oxygen atoms in total.